The molecule has 0 aromatic rings. The Kier molecular flexibility index (Phi) is 19.9. The quantitative estimate of drug-likeness (QED) is 0.0475. The Morgan fingerprint density at radius 1 is 0.250 bits per heavy atom. The first kappa shape index (κ1) is 56.0. The van der Waals surface area contributed by atoms with Crippen LogP contribution < -0.4 is 0 Å². The minimum Gasteiger partial charge on any atom is -0.394 e. The van der Waals surface area contributed by atoms with Crippen molar-refractivity contribution in [3.63, 3.8) is 0 Å². The van der Waals surface area contributed by atoms with Crippen LogP contribution in [0, 0.1) is 0 Å². The molecule has 20 N–H and O–H groups in total. The van der Waals surface area contributed by atoms with Crippen molar-refractivity contribution in [2.24, 2.45) is 0 Å². The maximum absolute atomic E-state index is 11.2. The molecule has 0 spiro atoms. The topological polar surface area (TPSA) is 515 Å². The minimum atomic E-state index is -2.19. The molecular weight excluding hydrogens is 944 g/mol. The van der Waals surface area contributed by atoms with E-state index in [0.717, 1.165) is 0 Å². The van der Waals surface area contributed by atoms with Crippen molar-refractivity contribution >= 4 is 0 Å². The third-order valence-corrected chi connectivity index (χ3v) is 12.5. The van der Waals surface area contributed by atoms with Gasteiger partial charge in [0, 0.05) is 0 Å². The highest BCUT2D eigenvalue weighted by Gasteiger charge is 2.57. The summed E-state index contributed by atoms with van der Waals surface area (Å²) in [6, 6.07) is 0. The van der Waals surface area contributed by atoms with E-state index in [2.05, 4.69) is 4.89 Å². The van der Waals surface area contributed by atoms with Crippen molar-refractivity contribution in [3.8, 4) is 0 Å². The van der Waals surface area contributed by atoms with E-state index in [1.165, 1.54) is 0 Å². The van der Waals surface area contributed by atoms with E-state index in [9.17, 15) is 102 Å². The van der Waals surface area contributed by atoms with Crippen LogP contribution in [0.25, 0.3) is 0 Å². The summed E-state index contributed by atoms with van der Waals surface area (Å²) in [6.07, 6.45) is -56.7. The first-order valence-electron chi connectivity index (χ1n) is 21.3. The average molecular weight is 1010 g/mol. The third-order valence-electron chi connectivity index (χ3n) is 12.5. The Morgan fingerprint density at radius 2 is 0.485 bits per heavy atom. The van der Waals surface area contributed by atoms with Gasteiger partial charge in [0.2, 0.25) is 0 Å². The van der Waals surface area contributed by atoms with Crippen molar-refractivity contribution in [2.75, 3.05) is 39.6 Å². The zero-order chi connectivity index (χ0) is 50.0. The summed E-state index contributed by atoms with van der Waals surface area (Å²) in [6.45, 7) is -5.73. The predicted octanol–water partition coefficient (Wildman–Crippen LogP) is -13.6. The summed E-state index contributed by atoms with van der Waals surface area (Å²) in [7, 11) is 0. The average Bonchev–Trinajstić information content (AvgIpc) is 3.33. The van der Waals surface area contributed by atoms with Gasteiger partial charge < -0.3 is 149 Å². The molecule has 6 fully saturated rings. The van der Waals surface area contributed by atoms with Crippen LogP contribution in [0.1, 0.15) is 0 Å². The fraction of sp³-hybridized carbons (Fsp3) is 1.00. The molecule has 32 nitrogen and oxygen atoms in total. The summed E-state index contributed by atoms with van der Waals surface area (Å²) in [5.41, 5.74) is 0. The summed E-state index contributed by atoms with van der Waals surface area (Å²) in [4.78, 5) is 4.16. The van der Waals surface area contributed by atoms with Crippen LogP contribution in [0.4, 0.5) is 0 Å². The van der Waals surface area contributed by atoms with Gasteiger partial charge >= 0.3 is 0 Å². The van der Waals surface area contributed by atoms with Crippen LogP contribution >= 0.6 is 0 Å². The zero-order valence-electron chi connectivity index (χ0n) is 35.4. The monoisotopic (exact) mass is 1010 g/mol. The molecule has 6 aliphatic rings. The second kappa shape index (κ2) is 24.2. The molecule has 0 saturated carbocycles. The molecule has 68 heavy (non-hydrogen) atoms. The normalized spacial score (nSPS) is 52.8. The summed E-state index contributed by atoms with van der Waals surface area (Å²) < 4.78 is 60.6. The van der Waals surface area contributed by atoms with Gasteiger partial charge in [-0.25, -0.2) is 4.89 Å². The van der Waals surface area contributed by atoms with Crippen LogP contribution in [0.15, 0.2) is 0 Å². The first-order valence-corrected chi connectivity index (χ1v) is 21.3. The van der Waals surface area contributed by atoms with E-state index in [4.69, 9.17) is 52.1 Å². The number of rotatable bonds is 17. The maximum atomic E-state index is 11.2. The SMILES string of the molecule is OC[C@H]1O[C@H](O[C@H]2[C@H](O)[C@@H](O)[C@@H](O[C@H]3[C@H](O)[C@@H](O)[C@@H](O[C@H]4[C@H](O)[C@@H](O)[C@@H](O[C@H]5[C@H](O)[C@@H](O)[C@@H](O[C@H]6[C@H](O)[C@@H](O)[C@H](O)O[C@@H]6CO)O[C@@H]5CO)O[C@@H]4CO)O[C@@H]3CO)O[C@@H]2CO)[C@H](OO)[C@@H](O)[C@@H]1O. The lowest BCUT2D eigenvalue weighted by atomic mass is 9.95. The molecule has 0 aromatic heterocycles. The molecular formula is C36H62O32. The van der Waals surface area contributed by atoms with Crippen LogP contribution in [-0.2, 0) is 57.0 Å². The van der Waals surface area contributed by atoms with Crippen molar-refractivity contribution in [3.05, 3.63) is 0 Å². The Morgan fingerprint density at radius 3 is 0.765 bits per heavy atom. The number of ether oxygens (including phenoxy) is 11. The van der Waals surface area contributed by atoms with Crippen LogP contribution in [0.2, 0.25) is 0 Å². The molecule has 0 amide bonds. The molecule has 32 heteroatoms. The number of aliphatic hydroxyl groups excluding tert-OH is 19. The highest BCUT2D eigenvalue weighted by atomic mass is 17.1. The van der Waals surface area contributed by atoms with Crippen LogP contribution in [0.3, 0.4) is 0 Å². The van der Waals surface area contributed by atoms with Gasteiger partial charge in [-0.1, -0.05) is 0 Å². The van der Waals surface area contributed by atoms with Gasteiger partial charge in [0.05, 0.1) is 39.6 Å². The van der Waals surface area contributed by atoms with E-state index < -0.39 is 224 Å². The molecule has 0 radical (unpaired) electrons. The van der Waals surface area contributed by atoms with Gasteiger partial charge in [-0.05, 0) is 0 Å². The van der Waals surface area contributed by atoms with Crippen molar-refractivity contribution in [1.29, 1.82) is 0 Å². The molecule has 6 aliphatic heterocycles. The van der Waals surface area contributed by atoms with E-state index in [1.807, 2.05) is 0 Å². The standard InChI is InChI=1S/C36H62O32/c37-1-7-13(43)14(44)30(68-56)36(58-7)67-29-12(6-42)62-35(24(54)19(29)49)66-28-11(5-41)61-34(23(53)18(28)48)65-27-10(4-40)60-33(22(52)17(27)47)64-26-9(3-39)59-32(21(51)16(26)46)63-25-8(2-38)57-31(55)20(50)15(25)45/h7-56H,1-6H2/t7-,8-,9-,10-,11-,12-,13-,14+,15-,16-,17-,18-,19-,20-,21-,22-,23-,24-,25-,26-,27-,28-,29-,30-,31-,32-,33-,34-,35-,36-/m1/s1. The van der Waals surface area contributed by atoms with Gasteiger partial charge in [-0.15, -0.1) is 0 Å². The fourth-order valence-corrected chi connectivity index (χ4v) is 8.62. The van der Waals surface area contributed by atoms with Crippen molar-refractivity contribution in [1.82, 2.24) is 0 Å². The molecule has 6 heterocycles. The third kappa shape index (κ3) is 11.3. The first-order chi connectivity index (χ1) is 32.3. The highest BCUT2D eigenvalue weighted by molar-refractivity contribution is 5.00. The summed E-state index contributed by atoms with van der Waals surface area (Å²) in [5.74, 6) is 0. The lowest BCUT2D eigenvalue weighted by Crippen LogP contribution is -2.68. The Labute approximate surface area is 383 Å². The molecule has 0 bridgehead atoms. The second-order valence-electron chi connectivity index (χ2n) is 16.8. The molecule has 0 unspecified atom stereocenters. The Balaban J connectivity index is 1.07. The van der Waals surface area contributed by atoms with Gasteiger partial charge in [0.1, 0.15) is 140 Å². The largest absolute Gasteiger partial charge is 0.394 e. The summed E-state index contributed by atoms with van der Waals surface area (Å²) in [5, 5.41) is 209. The predicted molar refractivity (Wildman–Crippen MR) is 201 cm³/mol. The molecule has 0 aromatic carbocycles. The van der Waals surface area contributed by atoms with E-state index >= 15 is 0 Å². The smallest absolute Gasteiger partial charge is 0.190 e. The zero-order valence-corrected chi connectivity index (χ0v) is 35.4. The van der Waals surface area contributed by atoms with Gasteiger partial charge in [0.15, 0.2) is 43.8 Å². The molecule has 30 atom stereocenters. The number of aliphatic hydroxyl groups is 19. The van der Waals surface area contributed by atoms with Gasteiger partial charge in [-0.3, -0.25) is 5.26 Å². The van der Waals surface area contributed by atoms with Crippen LogP contribution in [-0.4, -0.2) is 326 Å². The van der Waals surface area contributed by atoms with Gasteiger partial charge in [-0.2, -0.15) is 0 Å². The lowest BCUT2D eigenvalue weighted by molar-refractivity contribution is -0.412. The Hall–Kier alpha value is -1.28. The maximum Gasteiger partial charge on any atom is 0.190 e. The Bertz CT molecular complexity index is 1520. The molecule has 6 saturated heterocycles. The van der Waals surface area contributed by atoms with E-state index in [-0.39, 0.29) is 0 Å². The number of hydrogen-bond donors (Lipinski definition) is 20. The minimum absolute atomic E-state index is 0.852. The van der Waals surface area contributed by atoms with Crippen molar-refractivity contribution in [2.45, 2.75) is 184 Å². The van der Waals surface area contributed by atoms with E-state index in [1.54, 1.807) is 0 Å². The number of hydrogen-bond acceptors (Lipinski definition) is 32. The second-order valence-corrected chi connectivity index (χ2v) is 16.8. The van der Waals surface area contributed by atoms with Crippen LogP contribution in [0.5, 0.6) is 0 Å². The lowest BCUT2D eigenvalue weighted by Gasteiger charge is -2.49. The van der Waals surface area contributed by atoms with E-state index in [0.29, 0.717) is 0 Å². The van der Waals surface area contributed by atoms with Crippen molar-refractivity contribution < 1.29 is 159 Å². The summed E-state index contributed by atoms with van der Waals surface area (Å²) >= 11 is 0. The van der Waals surface area contributed by atoms with Gasteiger partial charge in [0.25, 0.3) is 0 Å². The molecule has 0 aliphatic carbocycles. The molecule has 6 rings (SSSR count). The fourth-order valence-electron chi connectivity index (χ4n) is 8.62. The highest BCUT2D eigenvalue weighted by Crippen LogP contribution is 2.37. The molecule has 398 valence electrons.